The van der Waals surface area contributed by atoms with E-state index < -0.39 is 0 Å². The highest BCUT2D eigenvalue weighted by atomic mass is 32.1. The van der Waals surface area contributed by atoms with Gasteiger partial charge in [-0.05, 0) is 207 Å². The number of hydrogen-bond acceptors (Lipinski definition) is 6. The van der Waals surface area contributed by atoms with Crippen LogP contribution < -0.4 is 0 Å². The summed E-state index contributed by atoms with van der Waals surface area (Å²) in [6.07, 6.45) is 3.85. The van der Waals surface area contributed by atoms with Crippen molar-refractivity contribution in [2.45, 2.75) is 0 Å². The molecule has 15 aromatic carbocycles. The van der Waals surface area contributed by atoms with Crippen LogP contribution in [0.4, 0.5) is 0 Å². The van der Waals surface area contributed by atoms with Gasteiger partial charge < -0.3 is 9.13 Å². The van der Waals surface area contributed by atoms with Gasteiger partial charge in [0, 0.05) is 104 Å². The van der Waals surface area contributed by atoms with Crippen LogP contribution in [0, 0.1) is 0 Å². The zero-order chi connectivity index (χ0) is 78.6. The lowest BCUT2D eigenvalue weighted by atomic mass is 9.98. The molecule has 25 aromatic rings. The van der Waals surface area contributed by atoms with Crippen molar-refractivity contribution in [1.82, 2.24) is 38.2 Å². The lowest BCUT2D eigenvalue weighted by molar-refractivity contribution is 1.08. The predicted molar refractivity (Wildman–Crippen MR) is 504 cm³/mol. The van der Waals surface area contributed by atoms with Crippen molar-refractivity contribution in [3.63, 3.8) is 0 Å². The minimum atomic E-state index is 0.848. The molecule has 0 unspecified atom stereocenters. The van der Waals surface area contributed by atoms with Gasteiger partial charge in [-0.15, -0.1) is 22.7 Å². The highest BCUT2D eigenvalue weighted by Gasteiger charge is 2.24. The number of benzene rings is 15. The first kappa shape index (κ1) is 67.8. The molecule has 0 saturated carbocycles. The molecule has 0 bridgehead atoms. The van der Waals surface area contributed by atoms with E-state index in [0.29, 0.717) is 0 Å². The Morgan fingerprint density at radius 3 is 1.18 bits per heavy atom. The van der Waals surface area contributed by atoms with Gasteiger partial charge in [-0.1, -0.05) is 243 Å². The molecule has 25 rings (SSSR count). The zero-order valence-corrected chi connectivity index (χ0v) is 66.1. The third-order valence-corrected chi connectivity index (χ3v) is 26.8. The molecule has 120 heavy (non-hydrogen) atoms. The number of para-hydroxylation sites is 3. The van der Waals surface area contributed by atoms with Gasteiger partial charge in [0.15, 0.2) is 0 Å². The van der Waals surface area contributed by atoms with Crippen LogP contribution in [-0.4, -0.2) is 38.2 Å². The van der Waals surface area contributed by atoms with E-state index in [0.717, 1.165) is 173 Å². The fourth-order valence-electron chi connectivity index (χ4n) is 18.8. The summed E-state index contributed by atoms with van der Waals surface area (Å²) in [6.45, 7) is 0. The number of thiophene rings is 2. The number of nitrogens with zero attached hydrogens (tertiary/aromatic N) is 8. The fourth-order valence-corrected chi connectivity index (χ4v) is 21.1. The van der Waals surface area contributed by atoms with Crippen molar-refractivity contribution in [2.75, 3.05) is 0 Å². The summed E-state index contributed by atoms with van der Waals surface area (Å²) in [7, 11) is 0. The topological polar surface area (TPSA) is 71.3 Å². The normalized spacial score (nSPS) is 12.0. The van der Waals surface area contributed by atoms with Gasteiger partial charge in [-0.2, -0.15) is 0 Å². The van der Waals surface area contributed by atoms with Gasteiger partial charge in [0.2, 0.25) is 0 Å². The second-order valence-electron chi connectivity index (χ2n) is 31.2. The van der Waals surface area contributed by atoms with Gasteiger partial charge in [-0.3, -0.25) is 19.1 Å². The van der Waals surface area contributed by atoms with Crippen molar-refractivity contribution in [2.24, 2.45) is 0 Å². The maximum Gasteiger partial charge on any atom is 0.138 e. The second-order valence-corrected chi connectivity index (χ2v) is 33.4. The predicted octanol–water partition coefficient (Wildman–Crippen LogP) is 29.7. The van der Waals surface area contributed by atoms with E-state index in [1.54, 1.807) is 11.3 Å². The Labute approximate surface area is 696 Å². The SMILES string of the molecule is c1ccc(-c2cc(-c3ccc(-c4ccc5c(c4)c4ccc(-c6ccc7c(c6)c6ccccc6n7-c6cc(-c7ccccc7)cc(-c7ccccc7)n6)cc4n5-c4ccc(-c5ccnc6c5sc5ccccc56)cc4)cc3)nc(-n3c4ccccc4c4cc(-c5ccc6c7ccccc7n(-c7ccc8sc9cccnc9c8c7)c6c5)ccc43)c2)cc1. The maximum atomic E-state index is 5.68. The van der Waals surface area contributed by atoms with Crippen LogP contribution in [0.2, 0.25) is 0 Å². The Morgan fingerprint density at radius 1 is 0.192 bits per heavy atom. The van der Waals surface area contributed by atoms with Gasteiger partial charge >= 0.3 is 0 Å². The standard InChI is InChI=1S/C110H66N8S2/c1-4-19-67(20-5-1)78-60-93(71-23-8-3-9-24-71)113-106(64-78)117-96-30-15-11-26-84(96)90-59-75(44-52-99(90)117)77-41-49-87-91-57-73(42-50-98(91)115(102(87)63-77)80-45-38-70(39-46-80)82-54-56-112-109-88-28-13-17-32-103(88)120-110(82)109)69-34-36-72(37-35-69)94-61-79(68-21-6-2-7-22-68)65-107(114-94)118-97-31-16-12-27-85(97)89-58-74(43-51-100(89)118)76-40-48-86-83-25-10-14-29-95(83)116(101(86)62-76)81-47-53-104-92(66-81)108-105(119-104)33-18-55-111-108/h1-66H. The summed E-state index contributed by atoms with van der Waals surface area (Å²) >= 11 is 3.61. The molecule has 0 saturated heterocycles. The van der Waals surface area contributed by atoms with Crippen molar-refractivity contribution in [3.8, 4) is 112 Å². The molecule has 10 heteroatoms. The monoisotopic (exact) mass is 1560 g/mol. The number of rotatable bonds is 12. The van der Waals surface area contributed by atoms with E-state index in [1.807, 2.05) is 29.8 Å². The molecule has 0 fully saturated rings. The van der Waals surface area contributed by atoms with E-state index >= 15 is 0 Å². The summed E-state index contributed by atoms with van der Waals surface area (Å²) in [5.41, 5.74) is 30.7. The van der Waals surface area contributed by atoms with Crippen LogP contribution in [0.5, 0.6) is 0 Å². The van der Waals surface area contributed by atoms with Gasteiger partial charge in [0.1, 0.15) is 11.6 Å². The molecule has 0 amide bonds. The molecule has 0 spiro atoms. The molecule has 558 valence electrons. The van der Waals surface area contributed by atoms with E-state index in [9.17, 15) is 0 Å². The largest absolute Gasteiger partial charge is 0.309 e. The Morgan fingerprint density at radius 2 is 0.583 bits per heavy atom. The second kappa shape index (κ2) is 27.1. The third kappa shape index (κ3) is 10.9. The molecular weight excluding hydrogens is 1500 g/mol. The minimum absolute atomic E-state index is 0.848. The average Bonchev–Trinajstić information content (AvgIpc) is 1.59. The van der Waals surface area contributed by atoms with Crippen LogP contribution in [0.3, 0.4) is 0 Å². The Kier molecular flexibility index (Phi) is 15.3. The van der Waals surface area contributed by atoms with Crippen molar-refractivity contribution in [3.05, 3.63) is 401 Å². The molecule has 0 aliphatic carbocycles. The van der Waals surface area contributed by atoms with Crippen LogP contribution in [0.25, 0.3) is 240 Å². The molecule has 0 atom stereocenters. The summed E-state index contributed by atoms with van der Waals surface area (Å²) in [6, 6.07) is 142. The summed E-state index contributed by atoms with van der Waals surface area (Å²) < 4.78 is 14.5. The Balaban J connectivity index is 0.593. The van der Waals surface area contributed by atoms with Crippen molar-refractivity contribution >= 4 is 151 Å². The number of hydrogen-bond donors (Lipinski definition) is 0. The molecule has 0 N–H and O–H groups in total. The molecule has 0 aliphatic heterocycles. The maximum absolute atomic E-state index is 5.68. The van der Waals surface area contributed by atoms with Crippen LogP contribution >= 0.6 is 22.7 Å². The summed E-state index contributed by atoms with van der Waals surface area (Å²) in [5.74, 6) is 1.72. The molecule has 0 aliphatic rings. The number of pyridine rings is 4. The lowest BCUT2D eigenvalue weighted by Gasteiger charge is -2.14. The summed E-state index contributed by atoms with van der Waals surface area (Å²) in [5, 5.41) is 11.8. The van der Waals surface area contributed by atoms with Crippen molar-refractivity contribution in [1.29, 1.82) is 0 Å². The van der Waals surface area contributed by atoms with E-state index in [1.165, 1.54) is 67.6 Å². The molecule has 8 nitrogen and oxygen atoms in total. The van der Waals surface area contributed by atoms with E-state index in [-0.39, 0.29) is 0 Å². The highest BCUT2D eigenvalue weighted by Crippen LogP contribution is 2.46. The number of aromatic nitrogens is 8. The zero-order valence-electron chi connectivity index (χ0n) is 64.5. The lowest BCUT2D eigenvalue weighted by Crippen LogP contribution is -2.00. The van der Waals surface area contributed by atoms with Gasteiger partial charge in [0.25, 0.3) is 0 Å². The first-order valence-electron chi connectivity index (χ1n) is 40.6. The Bertz CT molecular complexity index is 8460. The first-order chi connectivity index (χ1) is 59.4. The van der Waals surface area contributed by atoms with Gasteiger partial charge in [0.05, 0.1) is 76.0 Å². The fraction of sp³-hybridized carbons (Fsp3) is 0. The molecule has 0 radical (unpaired) electrons. The first-order valence-corrected chi connectivity index (χ1v) is 42.2. The summed E-state index contributed by atoms with van der Waals surface area (Å²) in [4.78, 5) is 20.9. The smallest absolute Gasteiger partial charge is 0.138 e. The Hall–Kier alpha value is -15.5. The highest BCUT2D eigenvalue weighted by molar-refractivity contribution is 7.26. The van der Waals surface area contributed by atoms with Gasteiger partial charge in [-0.25, -0.2) is 9.97 Å². The van der Waals surface area contributed by atoms with Crippen LogP contribution in [0.15, 0.2) is 401 Å². The number of fused-ring (bicyclic) bond motifs is 18. The van der Waals surface area contributed by atoms with Crippen molar-refractivity contribution < 1.29 is 0 Å². The quantitative estimate of drug-likeness (QED) is 0.122. The minimum Gasteiger partial charge on any atom is -0.309 e. The molecular formula is C110H66N8S2. The molecule has 10 heterocycles. The molecule has 10 aromatic heterocycles. The average molecular weight is 1560 g/mol. The third-order valence-electron chi connectivity index (χ3n) is 24.5. The van der Waals surface area contributed by atoms with Crippen LogP contribution in [0.1, 0.15) is 0 Å². The van der Waals surface area contributed by atoms with Crippen LogP contribution in [-0.2, 0) is 0 Å². The van der Waals surface area contributed by atoms with E-state index in [2.05, 4.69) is 400 Å². The van der Waals surface area contributed by atoms with E-state index in [4.69, 9.17) is 19.9 Å².